The average Bonchev–Trinajstić information content (AvgIpc) is 2.81. The molecule has 2 aromatic heterocycles. The van der Waals surface area contributed by atoms with Crippen LogP contribution in [0.5, 0.6) is 0 Å². The van der Waals surface area contributed by atoms with Crippen molar-refractivity contribution < 1.29 is 4.42 Å². The summed E-state index contributed by atoms with van der Waals surface area (Å²) in [5, 5.41) is 2.34. The van der Waals surface area contributed by atoms with Crippen LogP contribution in [0, 0.1) is 27.7 Å². The van der Waals surface area contributed by atoms with Gasteiger partial charge in [0.2, 0.25) is 0 Å². The maximum Gasteiger partial charge on any atom is 0.161 e. The van der Waals surface area contributed by atoms with Crippen LogP contribution in [-0.2, 0) is 0 Å². The van der Waals surface area contributed by atoms with Crippen molar-refractivity contribution in [3.63, 3.8) is 0 Å². The molecule has 2 aromatic carbocycles. The molecule has 0 fully saturated rings. The number of aromatic nitrogens is 1. The third kappa shape index (κ3) is 2.14. The van der Waals surface area contributed by atoms with Gasteiger partial charge in [-0.15, -0.1) is 0 Å². The average molecular weight is 301 g/mol. The van der Waals surface area contributed by atoms with E-state index in [4.69, 9.17) is 9.40 Å². The van der Waals surface area contributed by atoms with Crippen molar-refractivity contribution in [2.45, 2.75) is 27.7 Å². The second-order valence-electron chi connectivity index (χ2n) is 6.34. The molecule has 4 aromatic rings. The maximum absolute atomic E-state index is 6.11. The Bertz CT molecular complexity index is 1040. The number of para-hydroxylation sites is 1. The fraction of sp³-hybridized carbons (Fsp3) is 0.190. The molecule has 0 radical (unpaired) electrons. The lowest BCUT2D eigenvalue weighted by molar-refractivity contribution is 0.575. The molecule has 0 aliphatic rings. The SMILES string of the molecule is Cc1cc(C)cc(-c2nc3ccccc3c3c(C)c(C)oc23)c1. The molecule has 2 heterocycles. The highest BCUT2D eigenvalue weighted by atomic mass is 16.3. The molecule has 0 atom stereocenters. The van der Waals surface area contributed by atoms with E-state index in [1.807, 2.05) is 13.0 Å². The Labute approximate surface area is 135 Å². The first-order valence-electron chi connectivity index (χ1n) is 7.91. The Morgan fingerprint density at radius 2 is 1.57 bits per heavy atom. The highest BCUT2D eigenvalue weighted by Gasteiger charge is 2.17. The first kappa shape index (κ1) is 14.0. The van der Waals surface area contributed by atoms with Gasteiger partial charge >= 0.3 is 0 Å². The minimum atomic E-state index is 0.892. The number of nitrogens with zero attached hydrogens (tertiary/aromatic N) is 1. The van der Waals surface area contributed by atoms with Gasteiger partial charge in [0, 0.05) is 16.3 Å². The van der Waals surface area contributed by atoms with Crippen LogP contribution in [0.15, 0.2) is 46.9 Å². The summed E-state index contributed by atoms with van der Waals surface area (Å²) in [6, 6.07) is 14.8. The lowest BCUT2D eigenvalue weighted by Gasteiger charge is -2.08. The number of rotatable bonds is 1. The highest BCUT2D eigenvalue weighted by molar-refractivity contribution is 6.10. The summed E-state index contributed by atoms with van der Waals surface area (Å²) in [6.07, 6.45) is 0. The van der Waals surface area contributed by atoms with Crippen molar-refractivity contribution in [1.82, 2.24) is 4.98 Å². The molecule has 0 amide bonds. The van der Waals surface area contributed by atoms with Crippen LogP contribution in [-0.4, -0.2) is 4.98 Å². The molecule has 2 nitrogen and oxygen atoms in total. The Morgan fingerprint density at radius 3 is 2.30 bits per heavy atom. The monoisotopic (exact) mass is 301 g/mol. The van der Waals surface area contributed by atoms with Gasteiger partial charge in [-0.3, -0.25) is 0 Å². The lowest BCUT2D eigenvalue weighted by Crippen LogP contribution is -1.90. The van der Waals surface area contributed by atoms with E-state index in [1.54, 1.807) is 0 Å². The molecule has 0 saturated carbocycles. The van der Waals surface area contributed by atoms with Crippen LogP contribution in [0.2, 0.25) is 0 Å². The number of aryl methyl sites for hydroxylation is 4. The zero-order chi connectivity index (χ0) is 16.1. The van der Waals surface area contributed by atoms with Gasteiger partial charge in [0.05, 0.1) is 5.52 Å². The van der Waals surface area contributed by atoms with E-state index in [2.05, 4.69) is 57.2 Å². The van der Waals surface area contributed by atoms with Crippen LogP contribution >= 0.6 is 0 Å². The highest BCUT2D eigenvalue weighted by Crippen LogP contribution is 2.37. The van der Waals surface area contributed by atoms with Crippen molar-refractivity contribution in [2.24, 2.45) is 0 Å². The Morgan fingerprint density at radius 1 is 0.870 bits per heavy atom. The topological polar surface area (TPSA) is 26.0 Å². The molecule has 23 heavy (non-hydrogen) atoms. The molecule has 114 valence electrons. The second-order valence-corrected chi connectivity index (χ2v) is 6.34. The standard InChI is InChI=1S/C21H19NO/c1-12-9-13(2)11-16(10-12)20-21-19(14(3)15(4)23-21)17-7-5-6-8-18(17)22-20/h5-11H,1-4H3. The Kier molecular flexibility index (Phi) is 3.02. The maximum atomic E-state index is 6.11. The van der Waals surface area contributed by atoms with Crippen LogP contribution < -0.4 is 0 Å². The first-order chi connectivity index (χ1) is 11.0. The van der Waals surface area contributed by atoms with Gasteiger partial charge in [0.1, 0.15) is 11.5 Å². The summed E-state index contributed by atoms with van der Waals surface area (Å²) in [7, 11) is 0. The fourth-order valence-electron chi connectivity index (χ4n) is 3.38. The minimum Gasteiger partial charge on any atom is -0.459 e. The van der Waals surface area contributed by atoms with Crippen LogP contribution in [0.4, 0.5) is 0 Å². The molecule has 0 unspecified atom stereocenters. The van der Waals surface area contributed by atoms with E-state index in [0.717, 1.165) is 33.5 Å². The van der Waals surface area contributed by atoms with Crippen molar-refractivity contribution in [3.8, 4) is 11.3 Å². The molecular formula is C21H19NO. The molecule has 4 rings (SSSR count). The summed E-state index contributed by atoms with van der Waals surface area (Å²) in [6.45, 7) is 8.38. The van der Waals surface area contributed by atoms with Crippen LogP contribution in [0.3, 0.4) is 0 Å². The van der Waals surface area contributed by atoms with E-state index in [1.165, 1.54) is 22.1 Å². The smallest absolute Gasteiger partial charge is 0.161 e. The van der Waals surface area contributed by atoms with Crippen molar-refractivity contribution in [1.29, 1.82) is 0 Å². The summed E-state index contributed by atoms with van der Waals surface area (Å²) in [5.41, 5.74) is 7.63. The van der Waals surface area contributed by atoms with E-state index in [9.17, 15) is 0 Å². The third-order valence-corrected chi connectivity index (χ3v) is 4.50. The number of pyridine rings is 1. The molecule has 0 bridgehead atoms. The molecule has 0 N–H and O–H groups in total. The predicted molar refractivity (Wildman–Crippen MR) is 95.9 cm³/mol. The second kappa shape index (κ2) is 4.95. The molecule has 0 spiro atoms. The normalized spacial score (nSPS) is 11.5. The van der Waals surface area contributed by atoms with Gasteiger partial charge in [0.15, 0.2) is 5.58 Å². The van der Waals surface area contributed by atoms with Gasteiger partial charge < -0.3 is 4.42 Å². The third-order valence-electron chi connectivity index (χ3n) is 4.50. The quantitative estimate of drug-likeness (QED) is 0.438. The van der Waals surface area contributed by atoms with E-state index >= 15 is 0 Å². The Balaban J connectivity index is 2.19. The van der Waals surface area contributed by atoms with Gasteiger partial charge in [-0.1, -0.05) is 35.4 Å². The lowest BCUT2D eigenvalue weighted by atomic mass is 10.0. The van der Waals surface area contributed by atoms with Gasteiger partial charge in [-0.05, 0) is 51.5 Å². The summed E-state index contributed by atoms with van der Waals surface area (Å²) >= 11 is 0. The molecule has 0 aliphatic heterocycles. The summed E-state index contributed by atoms with van der Waals surface area (Å²) < 4.78 is 6.11. The Hall–Kier alpha value is -2.61. The fourth-order valence-corrected chi connectivity index (χ4v) is 3.38. The van der Waals surface area contributed by atoms with Crippen molar-refractivity contribution in [2.75, 3.05) is 0 Å². The number of benzene rings is 2. The van der Waals surface area contributed by atoms with Crippen molar-refractivity contribution >= 4 is 21.9 Å². The largest absolute Gasteiger partial charge is 0.459 e. The number of hydrogen-bond donors (Lipinski definition) is 0. The van der Waals surface area contributed by atoms with E-state index in [-0.39, 0.29) is 0 Å². The number of hydrogen-bond acceptors (Lipinski definition) is 2. The van der Waals surface area contributed by atoms with E-state index < -0.39 is 0 Å². The zero-order valence-corrected chi connectivity index (χ0v) is 13.9. The number of furan rings is 1. The molecular weight excluding hydrogens is 282 g/mol. The first-order valence-corrected chi connectivity index (χ1v) is 7.91. The zero-order valence-electron chi connectivity index (χ0n) is 13.9. The summed E-state index contributed by atoms with van der Waals surface area (Å²) in [5.74, 6) is 0.962. The molecule has 2 heteroatoms. The van der Waals surface area contributed by atoms with Crippen LogP contribution in [0.25, 0.3) is 33.1 Å². The molecule has 0 aliphatic carbocycles. The minimum absolute atomic E-state index is 0.892. The van der Waals surface area contributed by atoms with Gasteiger partial charge in [-0.2, -0.15) is 0 Å². The van der Waals surface area contributed by atoms with E-state index in [0.29, 0.717) is 0 Å². The van der Waals surface area contributed by atoms with Gasteiger partial charge in [0.25, 0.3) is 0 Å². The van der Waals surface area contributed by atoms with Crippen molar-refractivity contribution in [3.05, 3.63) is 64.9 Å². The van der Waals surface area contributed by atoms with Crippen LogP contribution in [0.1, 0.15) is 22.5 Å². The predicted octanol–water partition coefficient (Wildman–Crippen LogP) is 5.88. The number of fused-ring (bicyclic) bond motifs is 3. The van der Waals surface area contributed by atoms with Gasteiger partial charge in [-0.25, -0.2) is 4.98 Å². The molecule has 0 saturated heterocycles. The summed E-state index contributed by atoms with van der Waals surface area (Å²) in [4.78, 5) is 4.92.